The first-order chi connectivity index (χ1) is 28.4. The first-order valence-electron chi connectivity index (χ1n) is 18.3. The fourth-order valence-corrected chi connectivity index (χ4v) is 8.10. The maximum Gasteiger partial charge on any atom is 0.605 e. The summed E-state index contributed by atoms with van der Waals surface area (Å²) in [6, 6.07) is 39.7. The van der Waals surface area contributed by atoms with Gasteiger partial charge < -0.3 is 24.2 Å². The van der Waals surface area contributed by atoms with Gasteiger partial charge in [-0.05, 0) is 65.2 Å². The molecule has 1 saturated heterocycles. The highest BCUT2D eigenvalue weighted by atomic mass is 35.5. The molecular formula is C42H39ClN5O10P. The minimum atomic E-state index is -4.46. The van der Waals surface area contributed by atoms with E-state index in [1.54, 1.807) is 50.4 Å². The number of hydrogen-bond acceptors (Lipinski definition) is 11. The van der Waals surface area contributed by atoms with Crippen LogP contribution >= 0.6 is 19.4 Å². The van der Waals surface area contributed by atoms with E-state index >= 15 is 0 Å². The first-order valence-corrected chi connectivity index (χ1v) is 20.2. The Bertz CT molecular complexity index is 2660. The number of halogens is 1. The Hall–Kier alpha value is -6.06. The van der Waals surface area contributed by atoms with Gasteiger partial charge in [-0.2, -0.15) is 0 Å². The summed E-state index contributed by atoms with van der Waals surface area (Å²) in [5.41, 5.74) is 1.44. The van der Waals surface area contributed by atoms with Crippen LogP contribution < -0.4 is 25.1 Å². The van der Waals surface area contributed by atoms with Gasteiger partial charge in [0.25, 0.3) is 5.56 Å². The molecule has 4 N–H and O–H groups in total. The number of methoxy groups -OCH3 is 1. The van der Waals surface area contributed by atoms with Crippen molar-refractivity contribution in [2.45, 2.75) is 43.3 Å². The van der Waals surface area contributed by atoms with E-state index in [1.165, 1.54) is 22.9 Å². The van der Waals surface area contributed by atoms with Gasteiger partial charge >= 0.3 is 13.5 Å². The van der Waals surface area contributed by atoms with Crippen LogP contribution in [0.25, 0.3) is 11.0 Å². The van der Waals surface area contributed by atoms with Gasteiger partial charge in [-0.1, -0.05) is 114 Å². The number of hydrogen-bond donors (Lipinski definition) is 4. The molecule has 15 nitrogen and oxygen atoms in total. The summed E-state index contributed by atoms with van der Waals surface area (Å²) in [5.74, 6) is 0.706. The lowest BCUT2D eigenvalue weighted by Crippen LogP contribution is -2.51. The Morgan fingerprint density at radius 3 is 2.12 bits per heavy atom. The standard InChI is InChI=1S/C30H30N2O6.C12H9ClN3O4P/c1-19-18-32(29(36)31-28(19)35)25-17-24(33)26(38-25)27(34)30(20-9-5-3-6-10-20,21-11-7-4-8-12-21)22-13-15-23(37-2)16-14-22;13-9-5-1-4-8-12(9)19-21(17,18)20-16-11-7-3-2-6-10(11)14-15-16/h3-16,18,24-27,33-34H,17H2,1-2H3,(H,31,35,36);1-8H,(H,17,18)/t24-,25+,26-,27?;/m0./s1. The zero-order valence-electron chi connectivity index (χ0n) is 31.6. The van der Waals surface area contributed by atoms with Crippen molar-refractivity contribution < 1.29 is 38.3 Å². The number of fused-ring (bicyclic) bond motifs is 1. The zero-order chi connectivity index (χ0) is 41.7. The van der Waals surface area contributed by atoms with Crippen molar-refractivity contribution in [1.82, 2.24) is 24.7 Å². The van der Waals surface area contributed by atoms with E-state index in [-0.39, 0.29) is 17.2 Å². The molecule has 1 aliphatic heterocycles. The average molecular weight is 840 g/mol. The Balaban J connectivity index is 0.000000212. The molecule has 0 spiro atoms. The van der Waals surface area contributed by atoms with Crippen LogP contribution in [-0.2, 0) is 14.7 Å². The molecule has 5 aromatic carbocycles. The van der Waals surface area contributed by atoms with E-state index in [2.05, 4.69) is 15.3 Å². The summed E-state index contributed by atoms with van der Waals surface area (Å²) >= 11 is 5.86. The van der Waals surface area contributed by atoms with Crippen LogP contribution in [0.1, 0.15) is 34.9 Å². The van der Waals surface area contributed by atoms with Gasteiger partial charge in [-0.25, -0.2) is 9.36 Å². The molecule has 5 atom stereocenters. The monoisotopic (exact) mass is 839 g/mol. The minimum absolute atomic E-state index is 0.0365. The third-order valence-electron chi connectivity index (χ3n) is 9.90. The lowest BCUT2D eigenvalue weighted by Gasteiger charge is -2.42. The van der Waals surface area contributed by atoms with Crippen LogP contribution in [0, 0.1) is 6.92 Å². The Morgan fingerprint density at radius 1 is 0.881 bits per heavy atom. The number of phosphoric ester groups is 1. The summed E-state index contributed by atoms with van der Waals surface area (Å²) in [6.07, 6.45) is -2.79. The van der Waals surface area contributed by atoms with Crippen molar-refractivity contribution in [2.24, 2.45) is 0 Å². The predicted molar refractivity (Wildman–Crippen MR) is 218 cm³/mol. The van der Waals surface area contributed by atoms with Crippen molar-refractivity contribution >= 4 is 30.5 Å². The van der Waals surface area contributed by atoms with Gasteiger partial charge in [-0.3, -0.25) is 23.9 Å². The van der Waals surface area contributed by atoms with Crippen molar-refractivity contribution in [1.29, 1.82) is 0 Å². The number of benzene rings is 5. The Labute approximate surface area is 342 Å². The molecule has 2 unspecified atom stereocenters. The number of phosphoric acid groups is 1. The third-order valence-corrected chi connectivity index (χ3v) is 11.0. The Kier molecular flexibility index (Phi) is 12.1. The number of aliphatic hydroxyl groups is 2. The van der Waals surface area contributed by atoms with Crippen molar-refractivity contribution in [3.63, 3.8) is 0 Å². The fraction of sp³-hybridized carbons (Fsp3) is 0.190. The predicted octanol–water partition coefficient (Wildman–Crippen LogP) is 5.59. The molecular weight excluding hydrogens is 801 g/mol. The van der Waals surface area contributed by atoms with Gasteiger partial charge in [0.15, 0.2) is 5.75 Å². The zero-order valence-corrected chi connectivity index (χ0v) is 33.3. The number of aromatic amines is 1. The fourth-order valence-electron chi connectivity index (χ4n) is 7.11. The number of nitrogens with zero attached hydrogens (tertiary/aromatic N) is 4. The van der Waals surface area contributed by atoms with Crippen LogP contribution in [0.5, 0.6) is 11.5 Å². The molecule has 3 heterocycles. The van der Waals surface area contributed by atoms with Crippen molar-refractivity contribution in [3.8, 4) is 11.5 Å². The van der Waals surface area contributed by atoms with Crippen LogP contribution in [-0.4, -0.2) is 65.2 Å². The summed E-state index contributed by atoms with van der Waals surface area (Å²) < 4.78 is 34.7. The second kappa shape index (κ2) is 17.4. The van der Waals surface area contributed by atoms with E-state index in [1.807, 2.05) is 84.9 Å². The first kappa shape index (κ1) is 41.1. The number of rotatable bonds is 11. The average Bonchev–Trinajstić information content (AvgIpc) is 3.84. The number of H-pyrrole nitrogens is 1. The smallest absolute Gasteiger partial charge is 0.497 e. The number of aliphatic hydroxyl groups excluding tert-OH is 2. The van der Waals surface area contributed by atoms with Gasteiger partial charge in [0, 0.05) is 18.2 Å². The number of nitrogens with one attached hydrogen (secondary N) is 1. The molecule has 0 aliphatic carbocycles. The summed E-state index contributed by atoms with van der Waals surface area (Å²) in [4.78, 5) is 37.3. The molecule has 7 aromatic rings. The van der Waals surface area contributed by atoms with E-state index in [9.17, 15) is 29.3 Å². The lowest BCUT2D eigenvalue weighted by molar-refractivity contribution is -0.0976. The van der Waals surface area contributed by atoms with Crippen LogP contribution in [0.15, 0.2) is 149 Å². The van der Waals surface area contributed by atoms with E-state index in [0.717, 1.165) is 21.5 Å². The van der Waals surface area contributed by atoms with Crippen LogP contribution in [0.4, 0.5) is 0 Å². The van der Waals surface area contributed by atoms with Gasteiger partial charge in [0.05, 0.1) is 23.7 Å². The SMILES string of the molecule is COc1ccc(C(c2ccccc2)(c2ccccc2)C(O)[C@H]2O[C@@H](n3cc(C)c(=O)[nH]c3=O)C[C@@H]2O)cc1.O=P(O)(Oc1ccccc1Cl)On1nnc2ccccc21. The van der Waals surface area contributed by atoms with E-state index in [4.69, 9.17) is 30.2 Å². The molecule has 2 aromatic heterocycles. The quantitative estimate of drug-likeness (QED) is 0.0932. The topological polar surface area (TPSA) is 200 Å². The molecule has 8 rings (SSSR count). The maximum absolute atomic E-state index is 12.6. The largest absolute Gasteiger partial charge is 0.605 e. The number of para-hydroxylation sites is 2. The molecule has 0 radical (unpaired) electrons. The highest BCUT2D eigenvalue weighted by molar-refractivity contribution is 7.48. The second-order valence-corrected chi connectivity index (χ2v) is 15.3. The van der Waals surface area contributed by atoms with Gasteiger partial charge in [0.1, 0.15) is 35.2 Å². The van der Waals surface area contributed by atoms with Crippen molar-refractivity contribution in [2.75, 3.05) is 7.11 Å². The van der Waals surface area contributed by atoms with Crippen LogP contribution in [0.3, 0.4) is 0 Å². The normalized spacial score (nSPS) is 18.0. The number of aryl methyl sites for hydroxylation is 1. The van der Waals surface area contributed by atoms with E-state index in [0.29, 0.717) is 22.3 Å². The summed E-state index contributed by atoms with van der Waals surface area (Å²) in [7, 11) is -2.87. The molecule has 59 heavy (non-hydrogen) atoms. The summed E-state index contributed by atoms with van der Waals surface area (Å²) in [5, 5.41) is 31.1. The van der Waals surface area contributed by atoms with E-state index < -0.39 is 49.0 Å². The second-order valence-electron chi connectivity index (χ2n) is 13.6. The van der Waals surface area contributed by atoms with Gasteiger partial charge in [0.2, 0.25) is 0 Å². The minimum Gasteiger partial charge on any atom is -0.497 e. The molecule has 304 valence electrons. The third kappa shape index (κ3) is 8.57. The number of aromatic nitrogens is 5. The molecule has 1 fully saturated rings. The summed E-state index contributed by atoms with van der Waals surface area (Å²) in [6.45, 7) is 1.59. The van der Waals surface area contributed by atoms with Crippen LogP contribution in [0.2, 0.25) is 5.02 Å². The molecule has 17 heteroatoms. The molecule has 0 saturated carbocycles. The molecule has 1 aliphatic rings. The number of ether oxygens (including phenoxy) is 2. The van der Waals surface area contributed by atoms with Gasteiger partial charge in [-0.15, -0.1) is 5.10 Å². The maximum atomic E-state index is 12.6. The Morgan fingerprint density at radius 2 is 1.47 bits per heavy atom. The lowest BCUT2D eigenvalue weighted by atomic mass is 9.64. The highest BCUT2D eigenvalue weighted by Gasteiger charge is 2.52. The highest BCUT2D eigenvalue weighted by Crippen LogP contribution is 2.47. The van der Waals surface area contributed by atoms with Crippen molar-refractivity contribution in [3.05, 3.63) is 188 Å². The molecule has 0 bridgehead atoms. The molecule has 0 amide bonds.